The van der Waals surface area contributed by atoms with Crippen LogP contribution in [0.2, 0.25) is 0 Å². The number of nitrogens with one attached hydrogen (secondary N) is 1. The highest BCUT2D eigenvalue weighted by atomic mass is 19.1. The zero-order valence-electron chi connectivity index (χ0n) is 10.9. The molecule has 0 saturated heterocycles. The summed E-state index contributed by atoms with van der Waals surface area (Å²) in [7, 11) is 0. The van der Waals surface area contributed by atoms with E-state index in [9.17, 15) is 14.3 Å². The van der Waals surface area contributed by atoms with Crippen LogP contribution >= 0.6 is 0 Å². The van der Waals surface area contributed by atoms with Gasteiger partial charge in [0.2, 0.25) is 5.91 Å². The molecule has 0 radical (unpaired) electrons. The molecule has 1 amide bonds. The van der Waals surface area contributed by atoms with Crippen LogP contribution in [0.5, 0.6) is 5.75 Å². The molecule has 0 aliphatic heterocycles. The molecule has 6 nitrogen and oxygen atoms in total. The van der Waals surface area contributed by atoms with Gasteiger partial charge in [0.05, 0.1) is 17.9 Å². The Morgan fingerprint density at radius 3 is 3.00 bits per heavy atom. The number of nitrogens with two attached hydrogens (primary N) is 1. The zero-order chi connectivity index (χ0) is 14.7. The van der Waals surface area contributed by atoms with Gasteiger partial charge in [0.1, 0.15) is 18.1 Å². The summed E-state index contributed by atoms with van der Waals surface area (Å²) < 4.78 is 15.1. The molecule has 2 aromatic rings. The average Bonchev–Trinajstić information content (AvgIpc) is 2.75. The van der Waals surface area contributed by atoms with Crippen molar-refractivity contribution in [2.75, 3.05) is 5.32 Å². The molecule has 0 fully saturated rings. The summed E-state index contributed by atoms with van der Waals surface area (Å²) in [5.41, 5.74) is 6.13. The number of nitrogens with zero attached hydrogens (tertiary/aromatic N) is 2. The number of aromatic hydroxyl groups is 1. The zero-order valence-corrected chi connectivity index (χ0v) is 10.9. The minimum Gasteiger partial charge on any atom is -0.508 e. The van der Waals surface area contributed by atoms with E-state index >= 15 is 0 Å². The average molecular weight is 278 g/mol. The topological polar surface area (TPSA) is 93.2 Å². The second-order valence-electron chi connectivity index (χ2n) is 4.46. The van der Waals surface area contributed by atoms with Gasteiger partial charge in [-0.25, -0.2) is 4.39 Å². The molecule has 106 valence electrons. The number of anilines is 1. The SMILES string of the molecule is CC(Nc1cnn(CC(N)=O)c1)c1ccc(O)cc1F. The van der Waals surface area contributed by atoms with Crippen molar-refractivity contribution in [3.05, 3.63) is 42.0 Å². The normalized spacial score (nSPS) is 12.1. The van der Waals surface area contributed by atoms with E-state index in [1.54, 1.807) is 13.1 Å². The monoisotopic (exact) mass is 278 g/mol. The van der Waals surface area contributed by atoms with Crippen LogP contribution in [0.3, 0.4) is 0 Å². The smallest absolute Gasteiger partial charge is 0.239 e. The molecule has 1 atom stereocenters. The second kappa shape index (κ2) is 5.60. The van der Waals surface area contributed by atoms with Gasteiger partial charge in [-0.2, -0.15) is 5.10 Å². The summed E-state index contributed by atoms with van der Waals surface area (Å²) in [4.78, 5) is 10.8. The van der Waals surface area contributed by atoms with Crippen molar-refractivity contribution in [3.63, 3.8) is 0 Å². The highest BCUT2D eigenvalue weighted by Gasteiger charge is 2.12. The third kappa shape index (κ3) is 3.25. The summed E-state index contributed by atoms with van der Waals surface area (Å²) >= 11 is 0. The van der Waals surface area contributed by atoms with Gasteiger partial charge in [0.25, 0.3) is 0 Å². The molecule has 1 aromatic carbocycles. The van der Waals surface area contributed by atoms with E-state index in [2.05, 4.69) is 10.4 Å². The first-order valence-corrected chi connectivity index (χ1v) is 6.01. The number of phenols is 1. The molecule has 0 bridgehead atoms. The van der Waals surface area contributed by atoms with E-state index in [0.717, 1.165) is 6.07 Å². The van der Waals surface area contributed by atoms with Crippen molar-refractivity contribution in [1.82, 2.24) is 9.78 Å². The first kappa shape index (κ1) is 13.9. The van der Waals surface area contributed by atoms with Crippen molar-refractivity contribution >= 4 is 11.6 Å². The van der Waals surface area contributed by atoms with Crippen LogP contribution in [-0.4, -0.2) is 20.8 Å². The highest BCUT2D eigenvalue weighted by Crippen LogP contribution is 2.24. The Bertz CT molecular complexity index is 627. The number of primary amides is 1. The fourth-order valence-electron chi connectivity index (χ4n) is 1.88. The Labute approximate surface area is 115 Å². The van der Waals surface area contributed by atoms with Crippen molar-refractivity contribution in [2.45, 2.75) is 19.5 Å². The highest BCUT2D eigenvalue weighted by molar-refractivity contribution is 5.73. The maximum Gasteiger partial charge on any atom is 0.239 e. The Morgan fingerprint density at radius 2 is 2.35 bits per heavy atom. The van der Waals surface area contributed by atoms with E-state index in [-0.39, 0.29) is 18.3 Å². The molecule has 0 spiro atoms. The lowest BCUT2D eigenvalue weighted by Gasteiger charge is -2.15. The second-order valence-corrected chi connectivity index (χ2v) is 4.46. The van der Waals surface area contributed by atoms with Crippen molar-refractivity contribution in [2.24, 2.45) is 5.73 Å². The van der Waals surface area contributed by atoms with Crippen LogP contribution in [0.1, 0.15) is 18.5 Å². The van der Waals surface area contributed by atoms with Crippen LogP contribution in [0.15, 0.2) is 30.6 Å². The molecular formula is C13H15FN4O2. The molecule has 2 rings (SSSR count). The maximum absolute atomic E-state index is 13.7. The number of carbonyl (C=O) groups excluding carboxylic acids is 1. The Hall–Kier alpha value is -2.57. The third-order valence-electron chi connectivity index (χ3n) is 2.78. The number of hydrogen-bond donors (Lipinski definition) is 3. The Kier molecular flexibility index (Phi) is 3.88. The fourth-order valence-corrected chi connectivity index (χ4v) is 1.88. The molecule has 20 heavy (non-hydrogen) atoms. The van der Waals surface area contributed by atoms with Gasteiger partial charge in [0.15, 0.2) is 0 Å². The van der Waals surface area contributed by atoms with Gasteiger partial charge in [-0.1, -0.05) is 6.07 Å². The van der Waals surface area contributed by atoms with Gasteiger partial charge in [0, 0.05) is 17.8 Å². The van der Waals surface area contributed by atoms with E-state index < -0.39 is 11.7 Å². The van der Waals surface area contributed by atoms with E-state index in [1.807, 2.05) is 0 Å². The predicted octanol–water partition coefficient (Wildman–Crippen LogP) is 1.39. The first-order valence-electron chi connectivity index (χ1n) is 6.01. The molecule has 0 aliphatic carbocycles. The van der Waals surface area contributed by atoms with Crippen molar-refractivity contribution in [1.29, 1.82) is 0 Å². The van der Waals surface area contributed by atoms with E-state index in [1.165, 1.54) is 23.0 Å². The number of rotatable bonds is 5. The molecule has 1 unspecified atom stereocenters. The van der Waals surface area contributed by atoms with Crippen LogP contribution in [-0.2, 0) is 11.3 Å². The molecule has 1 heterocycles. The minimum atomic E-state index is -0.491. The number of hydrogen-bond acceptors (Lipinski definition) is 4. The van der Waals surface area contributed by atoms with Gasteiger partial charge < -0.3 is 16.2 Å². The van der Waals surface area contributed by atoms with Crippen LogP contribution < -0.4 is 11.1 Å². The molecule has 0 saturated carbocycles. The number of phenolic OH excluding ortho intramolecular Hbond substituents is 1. The predicted molar refractivity (Wildman–Crippen MR) is 71.5 cm³/mol. The van der Waals surface area contributed by atoms with Crippen LogP contribution in [0.25, 0.3) is 0 Å². The summed E-state index contributed by atoms with van der Waals surface area (Å²) in [6, 6.07) is 3.68. The summed E-state index contributed by atoms with van der Waals surface area (Å²) in [5, 5.41) is 16.2. The van der Waals surface area contributed by atoms with Crippen LogP contribution in [0.4, 0.5) is 10.1 Å². The Morgan fingerprint density at radius 1 is 1.60 bits per heavy atom. The van der Waals surface area contributed by atoms with E-state index in [0.29, 0.717) is 11.3 Å². The van der Waals surface area contributed by atoms with Crippen LogP contribution in [0, 0.1) is 5.82 Å². The van der Waals surface area contributed by atoms with Gasteiger partial charge in [-0.15, -0.1) is 0 Å². The standard InChI is InChI=1S/C13H15FN4O2/c1-8(11-3-2-10(19)4-12(11)14)17-9-5-16-18(6-9)7-13(15)20/h2-6,8,17,19H,7H2,1H3,(H2,15,20). The van der Waals surface area contributed by atoms with Gasteiger partial charge in [-0.3, -0.25) is 9.48 Å². The lowest BCUT2D eigenvalue weighted by atomic mass is 10.1. The van der Waals surface area contributed by atoms with Crippen molar-refractivity contribution < 1.29 is 14.3 Å². The molecule has 0 aliphatic rings. The molecule has 1 aromatic heterocycles. The quantitative estimate of drug-likeness (QED) is 0.770. The number of carbonyl (C=O) groups is 1. The summed E-state index contributed by atoms with van der Waals surface area (Å²) in [6.45, 7) is 1.77. The number of halogens is 1. The first-order chi connectivity index (χ1) is 9.45. The number of aromatic nitrogens is 2. The lowest BCUT2D eigenvalue weighted by Crippen LogP contribution is -2.18. The molecule has 7 heteroatoms. The number of benzene rings is 1. The maximum atomic E-state index is 13.7. The van der Waals surface area contributed by atoms with Gasteiger partial charge >= 0.3 is 0 Å². The van der Waals surface area contributed by atoms with E-state index in [4.69, 9.17) is 5.73 Å². The largest absolute Gasteiger partial charge is 0.508 e. The fraction of sp³-hybridized carbons (Fsp3) is 0.231. The number of amides is 1. The van der Waals surface area contributed by atoms with Crippen molar-refractivity contribution in [3.8, 4) is 5.75 Å². The molecular weight excluding hydrogens is 263 g/mol. The summed E-state index contributed by atoms with van der Waals surface area (Å²) in [5.74, 6) is -1.10. The summed E-state index contributed by atoms with van der Waals surface area (Å²) in [6.07, 6.45) is 3.14. The lowest BCUT2D eigenvalue weighted by molar-refractivity contribution is -0.118. The Balaban J connectivity index is 2.09. The minimum absolute atomic E-state index is 0.0103. The van der Waals surface area contributed by atoms with Gasteiger partial charge in [-0.05, 0) is 13.0 Å². The third-order valence-corrected chi connectivity index (χ3v) is 2.78. The molecule has 4 N–H and O–H groups in total.